The van der Waals surface area contributed by atoms with E-state index in [0.29, 0.717) is 5.92 Å². The van der Waals surface area contributed by atoms with E-state index in [-0.39, 0.29) is 0 Å². The Bertz CT molecular complexity index is 3540. The summed E-state index contributed by atoms with van der Waals surface area (Å²) in [6.07, 6.45) is 6.24. The lowest BCUT2D eigenvalue weighted by Gasteiger charge is -2.23. The van der Waals surface area contributed by atoms with Crippen molar-refractivity contribution >= 4 is 64.9 Å². The van der Waals surface area contributed by atoms with Gasteiger partial charge in [0.15, 0.2) is 0 Å². The molecule has 0 radical (unpaired) electrons. The predicted molar refractivity (Wildman–Crippen MR) is 259 cm³/mol. The highest BCUT2D eigenvalue weighted by molar-refractivity contribution is 6.22. The predicted octanol–water partition coefficient (Wildman–Crippen LogP) is 16.4. The SMILES string of the molecule is Cc1ccc2ccc3c(-c4cccc(-c5ccc6c(-c7ccc8ccccc8c7)c7ccccc7c(-c7ccc8ccccc8c7)c6c5)c4)cc(C4CCCCC4)nc3c2n1. The van der Waals surface area contributed by atoms with Crippen molar-refractivity contribution in [3.05, 3.63) is 193 Å². The van der Waals surface area contributed by atoms with Crippen LogP contribution in [0.25, 0.3) is 109 Å². The topological polar surface area (TPSA) is 25.8 Å². The molecule has 9 aromatic carbocycles. The largest absolute Gasteiger partial charge is 0.251 e. The lowest BCUT2D eigenvalue weighted by molar-refractivity contribution is 0.437. The van der Waals surface area contributed by atoms with Crippen molar-refractivity contribution in [1.29, 1.82) is 0 Å². The van der Waals surface area contributed by atoms with Gasteiger partial charge < -0.3 is 0 Å². The van der Waals surface area contributed by atoms with Gasteiger partial charge in [-0.1, -0.05) is 165 Å². The van der Waals surface area contributed by atoms with Gasteiger partial charge in [0.05, 0.1) is 11.0 Å². The number of aryl methyl sites for hydroxylation is 1. The molecule has 0 bridgehead atoms. The van der Waals surface area contributed by atoms with Crippen molar-refractivity contribution < 1.29 is 0 Å². The normalized spacial score (nSPS) is 13.6. The maximum Gasteiger partial charge on any atom is 0.0974 e. The van der Waals surface area contributed by atoms with Crippen molar-refractivity contribution in [3.63, 3.8) is 0 Å². The van der Waals surface area contributed by atoms with Crippen LogP contribution in [-0.2, 0) is 0 Å². The zero-order valence-electron chi connectivity index (χ0n) is 34.3. The lowest BCUT2D eigenvalue weighted by atomic mass is 9.84. The number of hydrogen-bond donors (Lipinski definition) is 0. The molecule has 0 spiro atoms. The van der Waals surface area contributed by atoms with Crippen LogP contribution in [0.4, 0.5) is 0 Å². The van der Waals surface area contributed by atoms with Crippen molar-refractivity contribution in [2.75, 3.05) is 0 Å². The van der Waals surface area contributed by atoms with Crippen LogP contribution in [-0.4, -0.2) is 9.97 Å². The van der Waals surface area contributed by atoms with Crippen LogP contribution >= 0.6 is 0 Å². The standard InChI is InChI=1S/C59H44N2/c1-37-22-23-41-28-31-52-53(36-55(40-14-3-2-4-15-40)61-59(52)58(41)60-37)46-19-11-18-44(32-46)45-29-30-51-54(35-45)57(48-27-25-39-13-6-8-17-43(39)34-48)50-21-10-9-20-49(50)56(51)47-26-24-38-12-5-7-16-42(38)33-47/h5-13,16-36,40H,2-4,14-15H2,1H3. The molecule has 12 rings (SSSR count). The average molecular weight is 781 g/mol. The summed E-state index contributed by atoms with van der Waals surface area (Å²) in [4.78, 5) is 10.5. The van der Waals surface area contributed by atoms with Gasteiger partial charge in [-0.25, -0.2) is 0 Å². The van der Waals surface area contributed by atoms with Gasteiger partial charge in [0.1, 0.15) is 0 Å². The molecular formula is C59H44N2. The first-order chi connectivity index (χ1) is 30.1. The Morgan fingerprint density at radius 2 is 0.918 bits per heavy atom. The molecule has 61 heavy (non-hydrogen) atoms. The zero-order valence-corrected chi connectivity index (χ0v) is 34.3. The van der Waals surface area contributed by atoms with E-state index in [4.69, 9.17) is 9.97 Å². The summed E-state index contributed by atoms with van der Waals surface area (Å²) in [6, 6.07) is 67.8. The van der Waals surface area contributed by atoms with E-state index in [9.17, 15) is 0 Å². The molecule has 2 aromatic heterocycles. The Balaban J connectivity index is 1.09. The van der Waals surface area contributed by atoms with Gasteiger partial charge in [-0.15, -0.1) is 0 Å². The van der Waals surface area contributed by atoms with Gasteiger partial charge in [0, 0.05) is 28.1 Å². The summed E-state index contributed by atoms with van der Waals surface area (Å²) in [5, 5.41) is 12.3. The summed E-state index contributed by atoms with van der Waals surface area (Å²) in [6.45, 7) is 2.08. The summed E-state index contributed by atoms with van der Waals surface area (Å²) in [5.74, 6) is 0.473. The van der Waals surface area contributed by atoms with E-state index in [1.54, 1.807) is 0 Å². The number of aromatic nitrogens is 2. The Hall–Kier alpha value is -7.16. The number of hydrogen-bond acceptors (Lipinski definition) is 2. The monoisotopic (exact) mass is 780 g/mol. The van der Waals surface area contributed by atoms with E-state index in [2.05, 4.69) is 189 Å². The fraction of sp³-hybridized carbons (Fsp3) is 0.119. The maximum atomic E-state index is 5.44. The number of rotatable bonds is 5. The third-order valence-corrected chi connectivity index (χ3v) is 13.4. The Morgan fingerprint density at radius 1 is 0.361 bits per heavy atom. The molecule has 0 atom stereocenters. The summed E-state index contributed by atoms with van der Waals surface area (Å²) >= 11 is 0. The molecule has 0 unspecified atom stereocenters. The molecule has 2 nitrogen and oxygen atoms in total. The van der Waals surface area contributed by atoms with Crippen LogP contribution in [0, 0.1) is 6.92 Å². The highest BCUT2D eigenvalue weighted by Crippen LogP contribution is 2.46. The molecule has 290 valence electrons. The van der Waals surface area contributed by atoms with Crippen molar-refractivity contribution in [3.8, 4) is 44.5 Å². The second-order valence-corrected chi connectivity index (χ2v) is 17.2. The molecule has 1 saturated carbocycles. The minimum atomic E-state index is 0.473. The highest BCUT2D eigenvalue weighted by atomic mass is 14.8. The summed E-state index contributed by atoms with van der Waals surface area (Å²) < 4.78 is 0. The smallest absolute Gasteiger partial charge is 0.0974 e. The third-order valence-electron chi connectivity index (χ3n) is 13.4. The molecule has 1 fully saturated rings. The fourth-order valence-corrected chi connectivity index (χ4v) is 10.4. The van der Waals surface area contributed by atoms with Crippen LogP contribution in [0.3, 0.4) is 0 Å². The van der Waals surface area contributed by atoms with Crippen LogP contribution in [0.2, 0.25) is 0 Å². The molecule has 0 saturated heterocycles. The first kappa shape index (κ1) is 35.8. The van der Waals surface area contributed by atoms with Gasteiger partial charge in [-0.05, 0) is 144 Å². The highest BCUT2D eigenvalue weighted by Gasteiger charge is 2.22. The van der Waals surface area contributed by atoms with E-state index in [1.165, 1.54) is 125 Å². The fourth-order valence-electron chi connectivity index (χ4n) is 10.4. The molecule has 11 aromatic rings. The molecule has 2 heteroatoms. The van der Waals surface area contributed by atoms with Crippen LogP contribution in [0.15, 0.2) is 182 Å². The van der Waals surface area contributed by atoms with E-state index < -0.39 is 0 Å². The summed E-state index contributed by atoms with van der Waals surface area (Å²) in [5.41, 5.74) is 14.1. The van der Waals surface area contributed by atoms with E-state index in [0.717, 1.165) is 27.5 Å². The number of fused-ring (bicyclic) bond motifs is 7. The van der Waals surface area contributed by atoms with Gasteiger partial charge >= 0.3 is 0 Å². The molecule has 0 aliphatic heterocycles. The zero-order chi connectivity index (χ0) is 40.4. The number of benzene rings is 9. The molecule has 2 heterocycles. The average Bonchev–Trinajstić information content (AvgIpc) is 3.32. The molecule has 1 aliphatic carbocycles. The van der Waals surface area contributed by atoms with E-state index >= 15 is 0 Å². The molecule has 0 N–H and O–H groups in total. The second-order valence-electron chi connectivity index (χ2n) is 17.2. The molecule has 0 amide bonds. The molecule has 1 aliphatic rings. The Morgan fingerprint density at radius 3 is 1.64 bits per heavy atom. The van der Waals surface area contributed by atoms with Gasteiger partial charge in [-0.2, -0.15) is 0 Å². The van der Waals surface area contributed by atoms with Crippen LogP contribution in [0.5, 0.6) is 0 Å². The maximum absolute atomic E-state index is 5.44. The molecular weight excluding hydrogens is 737 g/mol. The number of nitrogens with zero attached hydrogens (tertiary/aromatic N) is 2. The van der Waals surface area contributed by atoms with Gasteiger partial charge in [-0.3, -0.25) is 9.97 Å². The Kier molecular flexibility index (Phi) is 8.52. The minimum Gasteiger partial charge on any atom is -0.251 e. The summed E-state index contributed by atoms with van der Waals surface area (Å²) in [7, 11) is 0. The van der Waals surface area contributed by atoms with Crippen molar-refractivity contribution in [1.82, 2.24) is 9.97 Å². The van der Waals surface area contributed by atoms with Crippen molar-refractivity contribution in [2.24, 2.45) is 0 Å². The lowest BCUT2D eigenvalue weighted by Crippen LogP contribution is -2.07. The van der Waals surface area contributed by atoms with Gasteiger partial charge in [0.2, 0.25) is 0 Å². The van der Waals surface area contributed by atoms with Crippen molar-refractivity contribution in [2.45, 2.75) is 44.9 Å². The van der Waals surface area contributed by atoms with Crippen LogP contribution in [0.1, 0.15) is 49.4 Å². The minimum absolute atomic E-state index is 0.473. The number of pyridine rings is 2. The van der Waals surface area contributed by atoms with Crippen LogP contribution < -0.4 is 0 Å². The first-order valence-corrected chi connectivity index (χ1v) is 21.9. The Labute approximate surface area is 356 Å². The van der Waals surface area contributed by atoms with E-state index in [1.807, 2.05) is 0 Å². The quantitative estimate of drug-likeness (QED) is 0.128. The first-order valence-electron chi connectivity index (χ1n) is 21.9. The third kappa shape index (κ3) is 6.17. The second kappa shape index (κ2) is 14.5. The van der Waals surface area contributed by atoms with Gasteiger partial charge in [0.25, 0.3) is 0 Å².